The summed E-state index contributed by atoms with van der Waals surface area (Å²) in [6.45, 7) is 5.00. The van der Waals surface area contributed by atoms with Gasteiger partial charge in [0.1, 0.15) is 5.82 Å². The zero-order chi connectivity index (χ0) is 16.2. The molecular formula is C18H26FNO2. The summed E-state index contributed by atoms with van der Waals surface area (Å²) in [7, 11) is 0. The maximum absolute atomic E-state index is 13.4. The van der Waals surface area contributed by atoms with Crippen LogP contribution in [0.2, 0.25) is 0 Å². The summed E-state index contributed by atoms with van der Waals surface area (Å²) in [6, 6.07) is 6.35. The lowest BCUT2D eigenvalue weighted by Gasteiger charge is -2.21. The highest BCUT2D eigenvalue weighted by Gasteiger charge is 2.51. The molecule has 22 heavy (non-hydrogen) atoms. The number of hydrogen-bond donors (Lipinski definition) is 2. The first-order chi connectivity index (χ1) is 10.5. The van der Waals surface area contributed by atoms with Gasteiger partial charge >= 0.3 is 0 Å². The molecule has 1 atom stereocenters. The maximum atomic E-state index is 13.4. The molecule has 2 rings (SSSR count). The quantitative estimate of drug-likeness (QED) is 0.775. The Hall–Kier alpha value is -1.42. The number of halogens is 1. The van der Waals surface area contributed by atoms with Crippen molar-refractivity contribution in [1.29, 1.82) is 0 Å². The summed E-state index contributed by atoms with van der Waals surface area (Å²) in [5, 5.41) is 12.2. The van der Waals surface area contributed by atoms with Gasteiger partial charge in [-0.3, -0.25) is 4.79 Å². The van der Waals surface area contributed by atoms with E-state index in [4.69, 9.17) is 5.11 Å². The molecule has 0 saturated heterocycles. The van der Waals surface area contributed by atoms with E-state index in [-0.39, 0.29) is 24.2 Å². The molecule has 1 unspecified atom stereocenters. The van der Waals surface area contributed by atoms with Crippen molar-refractivity contribution in [2.75, 3.05) is 13.2 Å². The van der Waals surface area contributed by atoms with Gasteiger partial charge in [-0.15, -0.1) is 0 Å². The molecule has 1 aromatic rings. The van der Waals surface area contributed by atoms with Gasteiger partial charge in [-0.1, -0.05) is 26.0 Å². The van der Waals surface area contributed by atoms with E-state index < -0.39 is 5.41 Å². The molecule has 0 bridgehead atoms. The third-order valence-electron chi connectivity index (χ3n) is 4.46. The summed E-state index contributed by atoms with van der Waals surface area (Å²) < 4.78 is 13.4. The molecule has 122 valence electrons. The summed E-state index contributed by atoms with van der Waals surface area (Å²) in [5.41, 5.74) is 0.233. The van der Waals surface area contributed by atoms with Crippen LogP contribution in [-0.2, 0) is 10.2 Å². The standard InChI is InChI=1S/C18H26FNO2/c1-13(2)10-14(6-9-21)12-20-17(22)18(7-8-18)15-4-3-5-16(19)11-15/h3-5,11,13-14,21H,6-10,12H2,1-2H3,(H,20,22). The second-order valence-electron chi connectivity index (χ2n) is 6.81. The molecule has 3 nitrogen and oxygen atoms in total. The van der Waals surface area contributed by atoms with Gasteiger partial charge in [0.2, 0.25) is 5.91 Å². The van der Waals surface area contributed by atoms with Crippen molar-refractivity contribution in [3.8, 4) is 0 Å². The number of amides is 1. The molecule has 1 fully saturated rings. The maximum Gasteiger partial charge on any atom is 0.230 e. The van der Waals surface area contributed by atoms with Gasteiger partial charge in [0, 0.05) is 13.2 Å². The second-order valence-corrected chi connectivity index (χ2v) is 6.81. The predicted molar refractivity (Wildman–Crippen MR) is 85.0 cm³/mol. The van der Waals surface area contributed by atoms with Crippen LogP contribution in [0.1, 0.15) is 45.1 Å². The van der Waals surface area contributed by atoms with E-state index in [2.05, 4.69) is 19.2 Å². The monoisotopic (exact) mass is 307 g/mol. The fourth-order valence-electron chi connectivity index (χ4n) is 3.12. The normalized spacial score (nSPS) is 17.3. The van der Waals surface area contributed by atoms with Crippen molar-refractivity contribution in [2.45, 2.75) is 44.9 Å². The number of carbonyl (C=O) groups excluding carboxylic acids is 1. The van der Waals surface area contributed by atoms with Crippen LogP contribution in [0.4, 0.5) is 4.39 Å². The zero-order valence-corrected chi connectivity index (χ0v) is 13.4. The minimum atomic E-state index is -0.538. The Morgan fingerprint density at radius 2 is 2.14 bits per heavy atom. The van der Waals surface area contributed by atoms with Gasteiger partial charge < -0.3 is 10.4 Å². The van der Waals surface area contributed by atoms with Crippen LogP contribution in [0.15, 0.2) is 24.3 Å². The fraction of sp³-hybridized carbons (Fsp3) is 0.611. The Labute approximate surface area is 131 Å². The lowest BCUT2D eigenvalue weighted by Crippen LogP contribution is -2.38. The lowest BCUT2D eigenvalue weighted by molar-refractivity contribution is -0.123. The summed E-state index contributed by atoms with van der Waals surface area (Å²) in [4.78, 5) is 12.5. The topological polar surface area (TPSA) is 49.3 Å². The van der Waals surface area contributed by atoms with Crippen LogP contribution in [0.5, 0.6) is 0 Å². The van der Waals surface area contributed by atoms with E-state index in [1.54, 1.807) is 6.07 Å². The fourth-order valence-corrected chi connectivity index (χ4v) is 3.12. The number of aliphatic hydroxyl groups excluding tert-OH is 1. The van der Waals surface area contributed by atoms with Crippen molar-refractivity contribution < 1.29 is 14.3 Å². The molecule has 1 saturated carbocycles. The molecule has 1 aliphatic carbocycles. The smallest absolute Gasteiger partial charge is 0.230 e. The Kier molecular flexibility index (Phi) is 5.57. The highest BCUT2D eigenvalue weighted by molar-refractivity contribution is 5.91. The number of aliphatic hydroxyl groups is 1. The molecule has 0 aromatic heterocycles. The van der Waals surface area contributed by atoms with Crippen molar-refractivity contribution in [1.82, 2.24) is 5.32 Å². The van der Waals surface area contributed by atoms with E-state index in [1.165, 1.54) is 12.1 Å². The average molecular weight is 307 g/mol. The van der Waals surface area contributed by atoms with E-state index in [1.807, 2.05) is 6.07 Å². The van der Waals surface area contributed by atoms with Crippen LogP contribution in [0, 0.1) is 17.7 Å². The molecule has 0 radical (unpaired) electrons. The summed E-state index contributed by atoms with van der Waals surface area (Å²) >= 11 is 0. The SMILES string of the molecule is CC(C)CC(CCO)CNC(=O)C1(c2cccc(F)c2)CC1. The molecule has 1 aliphatic rings. The first kappa shape index (κ1) is 16.9. The van der Waals surface area contributed by atoms with Crippen LogP contribution in [-0.4, -0.2) is 24.2 Å². The number of hydrogen-bond acceptors (Lipinski definition) is 2. The average Bonchev–Trinajstić information content (AvgIpc) is 3.26. The minimum absolute atomic E-state index is 0.00945. The van der Waals surface area contributed by atoms with Gasteiger partial charge in [0.15, 0.2) is 0 Å². The van der Waals surface area contributed by atoms with Crippen molar-refractivity contribution in [3.05, 3.63) is 35.6 Å². The molecule has 4 heteroatoms. The van der Waals surface area contributed by atoms with Crippen molar-refractivity contribution in [3.63, 3.8) is 0 Å². The highest BCUT2D eigenvalue weighted by Crippen LogP contribution is 2.48. The first-order valence-corrected chi connectivity index (χ1v) is 8.13. The first-order valence-electron chi connectivity index (χ1n) is 8.13. The number of rotatable bonds is 8. The molecule has 1 aromatic carbocycles. The van der Waals surface area contributed by atoms with E-state index in [0.29, 0.717) is 18.9 Å². The molecule has 0 aliphatic heterocycles. The predicted octanol–water partition coefficient (Wildman–Crippen LogP) is 3.02. The van der Waals surface area contributed by atoms with E-state index >= 15 is 0 Å². The number of carbonyl (C=O) groups is 1. The van der Waals surface area contributed by atoms with Crippen LogP contribution in [0.3, 0.4) is 0 Å². The van der Waals surface area contributed by atoms with Crippen LogP contribution < -0.4 is 5.32 Å². The minimum Gasteiger partial charge on any atom is -0.396 e. The lowest BCUT2D eigenvalue weighted by atomic mass is 9.92. The molecule has 0 spiro atoms. The van der Waals surface area contributed by atoms with Gasteiger partial charge in [0.05, 0.1) is 5.41 Å². The van der Waals surface area contributed by atoms with Gasteiger partial charge in [-0.2, -0.15) is 0 Å². The Morgan fingerprint density at radius 1 is 1.41 bits per heavy atom. The number of nitrogens with one attached hydrogen (secondary N) is 1. The summed E-state index contributed by atoms with van der Waals surface area (Å²) in [5.74, 6) is 0.517. The Balaban J connectivity index is 1.96. The third-order valence-corrected chi connectivity index (χ3v) is 4.46. The third kappa shape index (κ3) is 4.07. The molecule has 0 heterocycles. The van der Waals surface area contributed by atoms with Crippen molar-refractivity contribution in [2.24, 2.45) is 11.8 Å². The van der Waals surface area contributed by atoms with E-state index in [0.717, 1.165) is 24.8 Å². The van der Waals surface area contributed by atoms with Crippen molar-refractivity contribution >= 4 is 5.91 Å². The molecular weight excluding hydrogens is 281 g/mol. The largest absolute Gasteiger partial charge is 0.396 e. The Bertz CT molecular complexity index is 512. The van der Waals surface area contributed by atoms with E-state index in [9.17, 15) is 9.18 Å². The van der Waals surface area contributed by atoms with Gasteiger partial charge in [-0.25, -0.2) is 4.39 Å². The number of benzene rings is 1. The Morgan fingerprint density at radius 3 is 2.68 bits per heavy atom. The van der Waals surface area contributed by atoms with Crippen LogP contribution >= 0.6 is 0 Å². The second kappa shape index (κ2) is 7.23. The molecule has 2 N–H and O–H groups in total. The van der Waals surface area contributed by atoms with Gasteiger partial charge in [0.25, 0.3) is 0 Å². The molecule has 1 amide bonds. The van der Waals surface area contributed by atoms with Crippen LogP contribution in [0.25, 0.3) is 0 Å². The van der Waals surface area contributed by atoms with Gasteiger partial charge in [-0.05, 0) is 55.2 Å². The zero-order valence-electron chi connectivity index (χ0n) is 13.4. The highest BCUT2D eigenvalue weighted by atomic mass is 19.1. The summed E-state index contributed by atoms with van der Waals surface area (Å²) in [6.07, 6.45) is 3.23.